The van der Waals surface area contributed by atoms with Crippen molar-refractivity contribution in [1.82, 2.24) is 5.32 Å². The zero-order valence-corrected chi connectivity index (χ0v) is 11.9. The van der Waals surface area contributed by atoms with Crippen LogP contribution >= 0.6 is 11.6 Å². The Kier molecular flexibility index (Phi) is 4.49. The van der Waals surface area contributed by atoms with Gasteiger partial charge in [0.2, 0.25) is 0 Å². The standard InChI is InChI=1S/C14H17ClN2O3/c1-8-2-3-11(4-8)16-14(20)17-12-6-9(13(18)19)5-10(15)7-12/h5-8,11H,2-4H2,1H3,(H,18,19)(H2,16,17,20). The van der Waals surface area contributed by atoms with Crippen molar-refractivity contribution >= 4 is 29.3 Å². The van der Waals surface area contributed by atoms with Gasteiger partial charge in [-0.1, -0.05) is 18.5 Å². The van der Waals surface area contributed by atoms with Gasteiger partial charge in [-0.05, 0) is 43.4 Å². The van der Waals surface area contributed by atoms with Crippen LogP contribution in [0.5, 0.6) is 0 Å². The zero-order valence-electron chi connectivity index (χ0n) is 11.1. The lowest BCUT2D eigenvalue weighted by Crippen LogP contribution is -2.36. The molecule has 1 aliphatic rings. The monoisotopic (exact) mass is 296 g/mol. The van der Waals surface area contributed by atoms with Crippen LogP contribution in [0.2, 0.25) is 5.02 Å². The summed E-state index contributed by atoms with van der Waals surface area (Å²) in [5.41, 5.74) is 0.417. The van der Waals surface area contributed by atoms with E-state index in [4.69, 9.17) is 16.7 Å². The molecule has 1 aromatic rings. The van der Waals surface area contributed by atoms with E-state index in [0.29, 0.717) is 11.6 Å². The van der Waals surface area contributed by atoms with E-state index in [1.165, 1.54) is 18.2 Å². The number of benzene rings is 1. The highest BCUT2D eigenvalue weighted by Crippen LogP contribution is 2.25. The number of carboxylic acid groups (broad SMARTS) is 1. The van der Waals surface area contributed by atoms with Crippen LogP contribution in [-0.4, -0.2) is 23.1 Å². The van der Waals surface area contributed by atoms with Gasteiger partial charge in [-0.2, -0.15) is 0 Å². The number of carbonyl (C=O) groups is 2. The Labute approximate surface area is 122 Å². The van der Waals surface area contributed by atoms with Crippen molar-refractivity contribution in [3.8, 4) is 0 Å². The van der Waals surface area contributed by atoms with E-state index >= 15 is 0 Å². The molecule has 2 atom stereocenters. The van der Waals surface area contributed by atoms with Crippen LogP contribution in [0, 0.1) is 5.92 Å². The number of urea groups is 1. The molecule has 1 saturated carbocycles. The number of anilines is 1. The first kappa shape index (κ1) is 14.7. The van der Waals surface area contributed by atoms with Crippen LogP contribution in [0.4, 0.5) is 10.5 Å². The highest BCUT2D eigenvalue weighted by molar-refractivity contribution is 6.31. The lowest BCUT2D eigenvalue weighted by atomic mass is 10.1. The Bertz CT molecular complexity index is 533. The molecule has 2 unspecified atom stereocenters. The maximum absolute atomic E-state index is 11.9. The topological polar surface area (TPSA) is 78.4 Å². The third kappa shape index (κ3) is 3.87. The summed E-state index contributed by atoms with van der Waals surface area (Å²) in [5.74, 6) is -0.453. The second-order valence-corrected chi connectivity index (χ2v) is 5.68. The molecule has 3 N–H and O–H groups in total. The molecule has 6 heteroatoms. The second kappa shape index (κ2) is 6.13. The molecular formula is C14H17ClN2O3. The summed E-state index contributed by atoms with van der Waals surface area (Å²) < 4.78 is 0. The lowest BCUT2D eigenvalue weighted by molar-refractivity contribution is 0.0697. The molecule has 108 valence electrons. The molecule has 1 aliphatic carbocycles. The molecule has 2 amide bonds. The molecular weight excluding hydrogens is 280 g/mol. The summed E-state index contributed by atoms with van der Waals surface area (Å²) in [6.45, 7) is 2.16. The molecule has 5 nitrogen and oxygen atoms in total. The Hall–Kier alpha value is -1.75. The first-order valence-electron chi connectivity index (χ1n) is 6.55. The summed E-state index contributed by atoms with van der Waals surface area (Å²) in [5, 5.41) is 14.7. The molecule has 0 heterocycles. The molecule has 0 bridgehead atoms. The fraction of sp³-hybridized carbons (Fsp3) is 0.429. The van der Waals surface area contributed by atoms with Gasteiger partial charge in [0, 0.05) is 16.8 Å². The summed E-state index contributed by atoms with van der Waals surface area (Å²) in [6.07, 6.45) is 3.07. The van der Waals surface area contributed by atoms with Gasteiger partial charge in [0.05, 0.1) is 5.56 Å². The minimum Gasteiger partial charge on any atom is -0.478 e. The highest BCUT2D eigenvalue weighted by atomic mass is 35.5. The van der Waals surface area contributed by atoms with Crippen LogP contribution in [0.15, 0.2) is 18.2 Å². The van der Waals surface area contributed by atoms with E-state index in [2.05, 4.69) is 17.6 Å². The van der Waals surface area contributed by atoms with Crippen LogP contribution in [-0.2, 0) is 0 Å². The fourth-order valence-corrected chi connectivity index (χ4v) is 2.71. The average molecular weight is 297 g/mol. The highest BCUT2D eigenvalue weighted by Gasteiger charge is 2.22. The molecule has 1 fully saturated rings. The van der Waals surface area contributed by atoms with E-state index in [1.807, 2.05) is 0 Å². The number of rotatable bonds is 3. The minimum absolute atomic E-state index is 0.0438. The number of carboxylic acids is 1. The van der Waals surface area contributed by atoms with Crippen LogP contribution in [0.1, 0.15) is 36.5 Å². The number of nitrogens with one attached hydrogen (secondary N) is 2. The maximum atomic E-state index is 11.9. The van der Waals surface area contributed by atoms with E-state index in [9.17, 15) is 9.59 Å². The molecule has 1 aromatic carbocycles. The third-order valence-corrected chi connectivity index (χ3v) is 3.65. The molecule has 20 heavy (non-hydrogen) atoms. The summed E-state index contributed by atoms with van der Waals surface area (Å²) in [4.78, 5) is 22.8. The van der Waals surface area contributed by atoms with Gasteiger partial charge < -0.3 is 15.7 Å². The van der Waals surface area contributed by atoms with Gasteiger partial charge in [-0.15, -0.1) is 0 Å². The third-order valence-electron chi connectivity index (χ3n) is 3.43. The normalized spacial score (nSPS) is 21.5. The van der Waals surface area contributed by atoms with Gasteiger partial charge in [0.15, 0.2) is 0 Å². The summed E-state index contributed by atoms with van der Waals surface area (Å²) >= 11 is 5.83. The molecule has 2 rings (SSSR count). The van der Waals surface area contributed by atoms with Crippen molar-refractivity contribution in [2.75, 3.05) is 5.32 Å². The Morgan fingerprint density at radius 2 is 2.05 bits per heavy atom. The van der Waals surface area contributed by atoms with E-state index < -0.39 is 5.97 Å². The number of carbonyl (C=O) groups excluding carboxylic acids is 1. The maximum Gasteiger partial charge on any atom is 0.335 e. The fourth-order valence-electron chi connectivity index (χ4n) is 2.48. The zero-order chi connectivity index (χ0) is 14.7. The Balaban J connectivity index is 1.98. The van der Waals surface area contributed by atoms with Crippen LogP contribution < -0.4 is 10.6 Å². The molecule has 0 aliphatic heterocycles. The van der Waals surface area contributed by atoms with Crippen molar-refractivity contribution in [3.05, 3.63) is 28.8 Å². The van der Waals surface area contributed by atoms with Gasteiger partial charge in [-0.3, -0.25) is 0 Å². The largest absolute Gasteiger partial charge is 0.478 e. The van der Waals surface area contributed by atoms with Gasteiger partial charge in [-0.25, -0.2) is 9.59 Å². The molecule has 0 saturated heterocycles. The summed E-state index contributed by atoms with van der Waals surface area (Å²) in [7, 11) is 0. The molecule has 0 aromatic heterocycles. The predicted octanol–water partition coefficient (Wildman–Crippen LogP) is 3.35. The number of amides is 2. The van der Waals surface area contributed by atoms with E-state index in [0.717, 1.165) is 19.3 Å². The molecule has 0 radical (unpaired) electrons. The van der Waals surface area contributed by atoms with E-state index in [1.54, 1.807) is 0 Å². The minimum atomic E-state index is -1.08. The first-order chi connectivity index (χ1) is 9.44. The first-order valence-corrected chi connectivity index (χ1v) is 6.93. The molecule has 0 spiro atoms. The van der Waals surface area contributed by atoms with Crippen molar-refractivity contribution in [1.29, 1.82) is 0 Å². The summed E-state index contributed by atoms with van der Waals surface area (Å²) in [6, 6.07) is 4.09. The number of aromatic carboxylic acids is 1. The number of halogens is 1. The number of hydrogen-bond acceptors (Lipinski definition) is 2. The number of hydrogen-bond donors (Lipinski definition) is 3. The van der Waals surface area contributed by atoms with Gasteiger partial charge in [0.25, 0.3) is 0 Å². The predicted molar refractivity (Wildman–Crippen MR) is 77.4 cm³/mol. The Morgan fingerprint density at radius 1 is 1.30 bits per heavy atom. The second-order valence-electron chi connectivity index (χ2n) is 5.25. The quantitative estimate of drug-likeness (QED) is 0.800. The van der Waals surface area contributed by atoms with Crippen molar-refractivity contribution < 1.29 is 14.7 Å². The van der Waals surface area contributed by atoms with Gasteiger partial charge in [0.1, 0.15) is 0 Å². The van der Waals surface area contributed by atoms with Crippen molar-refractivity contribution in [2.45, 2.75) is 32.2 Å². The van der Waals surface area contributed by atoms with Crippen molar-refractivity contribution in [3.63, 3.8) is 0 Å². The SMILES string of the molecule is CC1CCC(NC(=O)Nc2cc(Cl)cc(C(=O)O)c2)C1. The van der Waals surface area contributed by atoms with Crippen LogP contribution in [0.3, 0.4) is 0 Å². The average Bonchev–Trinajstić information content (AvgIpc) is 2.73. The lowest BCUT2D eigenvalue weighted by Gasteiger charge is -2.14. The smallest absolute Gasteiger partial charge is 0.335 e. The Morgan fingerprint density at radius 3 is 2.65 bits per heavy atom. The van der Waals surface area contributed by atoms with Crippen LogP contribution in [0.25, 0.3) is 0 Å². The van der Waals surface area contributed by atoms with Gasteiger partial charge >= 0.3 is 12.0 Å². The van der Waals surface area contributed by atoms with Crippen molar-refractivity contribution in [2.24, 2.45) is 5.92 Å². The van der Waals surface area contributed by atoms with E-state index in [-0.39, 0.29) is 22.7 Å².